The number of nitrogens with one attached hydrogen (secondary N) is 1. The van der Waals surface area contributed by atoms with Gasteiger partial charge in [-0.25, -0.2) is 9.78 Å². The van der Waals surface area contributed by atoms with Gasteiger partial charge in [-0.3, -0.25) is 0 Å². The summed E-state index contributed by atoms with van der Waals surface area (Å²) < 4.78 is 56.4. The number of pyridine rings is 1. The second-order valence-electron chi connectivity index (χ2n) is 10.0. The van der Waals surface area contributed by atoms with Crippen LogP contribution in [0.15, 0.2) is 30.5 Å². The summed E-state index contributed by atoms with van der Waals surface area (Å²) in [4.78, 5) is 20.8. The summed E-state index contributed by atoms with van der Waals surface area (Å²) in [5.74, 6) is -0.897. The van der Waals surface area contributed by atoms with Crippen LogP contribution >= 0.6 is 0 Å². The van der Waals surface area contributed by atoms with Crippen molar-refractivity contribution in [1.82, 2.24) is 9.88 Å². The van der Waals surface area contributed by atoms with E-state index in [4.69, 9.17) is 19.2 Å². The van der Waals surface area contributed by atoms with Gasteiger partial charge in [0, 0.05) is 56.5 Å². The number of aromatic nitrogens is 1. The van der Waals surface area contributed by atoms with E-state index >= 15 is 0 Å². The van der Waals surface area contributed by atoms with Gasteiger partial charge in [0.2, 0.25) is 5.88 Å². The van der Waals surface area contributed by atoms with Gasteiger partial charge in [0.05, 0.1) is 32.3 Å². The average molecular weight is 535 g/mol. The Morgan fingerprint density at radius 1 is 1.05 bits per heavy atom. The third-order valence-corrected chi connectivity index (χ3v) is 7.37. The molecule has 3 aliphatic rings. The average Bonchev–Trinajstić information content (AvgIpc) is 3.43. The molecule has 1 aromatic heterocycles. The lowest BCUT2D eigenvalue weighted by molar-refractivity contribution is -0.169. The van der Waals surface area contributed by atoms with Gasteiger partial charge >= 0.3 is 12.2 Å². The Labute approximate surface area is 220 Å². The number of anilines is 2. The molecule has 4 heterocycles. The summed E-state index contributed by atoms with van der Waals surface area (Å²) in [7, 11) is 0. The Morgan fingerprint density at radius 2 is 1.79 bits per heavy atom. The molecule has 1 atom stereocenters. The summed E-state index contributed by atoms with van der Waals surface area (Å²) in [6, 6.07) is 7.00. The molecule has 206 valence electrons. The molecule has 38 heavy (non-hydrogen) atoms. The maximum absolute atomic E-state index is 13.0. The van der Waals surface area contributed by atoms with Crippen LogP contribution in [0, 0.1) is 12.8 Å². The lowest BCUT2D eigenvalue weighted by Crippen LogP contribution is -2.37. The van der Waals surface area contributed by atoms with Crippen molar-refractivity contribution in [2.75, 3.05) is 62.8 Å². The number of aryl methyl sites for hydroxylation is 1. The van der Waals surface area contributed by atoms with Crippen LogP contribution in [-0.2, 0) is 9.47 Å². The third kappa shape index (κ3) is 6.15. The molecule has 0 unspecified atom stereocenters. The zero-order valence-electron chi connectivity index (χ0n) is 21.4. The minimum Gasteiger partial charge on any atom is -0.473 e. The first-order valence-corrected chi connectivity index (χ1v) is 13.1. The molecule has 2 amide bonds. The van der Waals surface area contributed by atoms with Gasteiger partial charge in [-0.15, -0.1) is 0 Å². The Balaban J connectivity index is 1.37. The Morgan fingerprint density at radius 3 is 2.50 bits per heavy atom. The molecule has 1 N–H and O–H groups in total. The first-order valence-electron chi connectivity index (χ1n) is 13.1. The second kappa shape index (κ2) is 11.4. The zero-order valence-corrected chi connectivity index (χ0v) is 21.4. The molecule has 3 saturated heterocycles. The highest BCUT2D eigenvalue weighted by Gasteiger charge is 2.44. The fraction of sp³-hybridized carbons (Fsp3) is 0.556. The summed E-state index contributed by atoms with van der Waals surface area (Å²) in [6.45, 7) is 5.74. The van der Waals surface area contributed by atoms with E-state index in [0.29, 0.717) is 38.0 Å². The van der Waals surface area contributed by atoms with Crippen LogP contribution in [0.1, 0.15) is 24.8 Å². The summed E-state index contributed by atoms with van der Waals surface area (Å²) in [6.07, 6.45) is -0.932. The van der Waals surface area contributed by atoms with Gasteiger partial charge < -0.3 is 29.3 Å². The van der Waals surface area contributed by atoms with Crippen LogP contribution in [0.3, 0.4) is 0 Å². The molecule has 8 nitrogen and oxygen atoms in total. The lowest BCUT2D eigenvalue weighted by atomic mass is 10.0. The number of alkyl halides is 3. The van der Waals surface area contributed by atoms with Crippen LogP contribution in [0.2, 0.25) is 0 Å². The molecule has 0 saturated carbocycles. The van der Waals surface area contributed by atoms with Crippen molar-refractivity contribution < 1.29 is 32.2 Å². The second-order valence-corrected chi connectivity index (χ2v) is 10.0. The number of nitrogens with zero attached hydrogens (tertiary/aromatic N) is 3. The van der Waals surface area contributed by atoms with Crippen molar-refractivity contribution in [1.29, 1.82) is 0 Å². The van der Waals surface area contributed by atoms with E-state index in [-0.39, 0.29) is 25.6 Å². The number of hydrogen-bond acceptors (Lipinski definition) is 6. The molecule has 2 aromatic rings. The quantitative estimate of drug-likeness (QED) is 0.590. The molecule has 11 heteroatoms. The van der Waals surface area contributed by atoms with E-state index in [1.165, 1.54) is 4.90 Å². The normalized spacial score (nSPS) is 21.0. The fourth-order valence-electron chi connectivity index (χ4n) is 5.09. The van der Waals surface area contributed by atoms with E-state index in [2.05, 4.69) is 16.3 Å². The van der Waals surface area contributed by atoms with Crippen molar-refractivity contribution in [3.05, 3.63) is 36.0 Å². The highest BCUT2D eigenvalue weighted by Crippen LogP contribution is 2.36. The van der Waals surface area contributed by atoms with Crippen LogP contribution < -0.4 is 15.0 Å². The summed E-state index contributed by atoms with van der Waals surface area (Å²) in [5, 5.41) is 2.77. The predicted molar refractivity (Wildman–Crippen MR) is 137 cm³/mol. The lowest BCUT2D eigenvalue weighted by Gasteiger charge is -2.31. The van der Waals surface area contributed by atoms with Gasteiger partial charge in [0.25, 0.3) is 0 Å². The Hall–Kier alpha value is -3.05. The first-order chi connectivity index (χ1) is 18.3. The molecule has 1 aromatic carbocycles. The van der Waals surface area contributed by atoms with Crippen molar-refractivity contribution in [3.63, 3.8) is 0 Å². The minimum atomic E-state index is -4.29. The number of amides is 2. The third-order valence-electron chi connectivity index (χ3n) is 7.37. The number of likely N-dealkylation sites (tertiary alicyclic amines) is 1. The number of morpholine rings is 1. The topological polar surface area (TPSA) is 76.2 Å². The van der Waals surface area contributed by atoms with E-state index in [0.717, 1.165) is 48.3 Å². The predicted octanol–water partition coefficient (Wildman–Crippen LogP) is 4.87. The van der Waals surface area contributed by atoms with Gasteiger partial charge in [-0.05, 0) is 42.7 Å². The molecular formula is C27H33F3N4O4. The van der Waals surface area contributed by atoms with Crippen molar-refractivity contribution in [2.45, 2.75) is 38.5 Å². The van der Waals surface area contributed by atoms with Crippen LogP contribution in [0.5, 0.6) is 5.88 Å². The number of hydrogen-bond donors (Lipinski definition) is 1. The van der Waals surface area contributed by atoms with Crippen molar-refractivity contribution in [2.24, 2.45) is 5.92 Å². The maximum Gasteiger partial charge on any atom is 0.393 e. The van der Waals surface area contributed by atoms with E-state index < -0.39 is 18.1 Å². The fourth-order valence-corrected chi connectivity index (χ4v) is 5.09. The first kappa shape index (κ1) is 26.6. The van der Waals surface area contributed by atoms with Crippen LogP contribution in [0.25, 0.3) is 11.1 Å². The van der Waals surface area contributed by atoms with E-state index in [1.807, 2.05) is 19.1 Å². The molecule has 0 radical (unpaired) electrons. The summed E-state index contributed by atoms with van der Waals surface area (Å²) in [5.41, 5.74) is 4.12. The number of urea groups is 1. The van der Waals surface area contributed by atoms with Crippen molar-refractivity contribution in [3.8, 4) is 17.0 Å². The number of rotatable bonds is 5. The van der Waals surface area contributed by atoms with E-state index in [9.17, 15) is 18.0 Å². The number of carbonyl (C=O) groups is 1. The molecule has 0 bridgehead atoms. The molecular weight excluding hydrogens is 501 g/mol. The summed E-state index contributed by atoms with van der Waals surface area (Å²) >= 11 is 0. The molecule has 3 aliphatic heterocycles. The van der Waals surface area contributed by atoms with Gasteiger partial charge in [-0.2, -0.15) is 13.2 Å². The largest absolute Gasteiger partial charge is 0.473 e. The van der Waals surface area contributed by atoms with Gasteiger partial charge in [0.1, 0.15) is 11.8 Å². The Kier molecular flexibility index (Phi) is 7.94. The number of halogens is 3. The number of benzene rings is 1. The smallest absolute Gasteiger partial charge is 0.393 e. The number of ether oxygens (including phenoxy) is 3. The highest BCUT2D eigenvalue weighted by atomic mass is 19.4. The molecule has 5 rings (SSSR count). The van der Waals surface area contributed by atoms with E-state index in [1.54, 1.807) is 12.3 Å². The SMILES string of the molecule is Cc1ccc(NC(=O)N2CC[C@H](C(F)(F)F)C2)cc1-c1cnc(OC2CCOCC2)c(N2CCOCC2)c1. The van der Waals surface area contributed by atoms with Gasteiger partial charge in [-0.1, -0.05) is 6.07 Å². The Bertz CT molecular complexity index is 1130. The number of carbonyl (C=O) groups excluding carboxylic acids is 1. The molecule has 0 spiro atoms. The minimum absolute atomic E-state index is 0.0460. The molecule has 0 aliphatic carbocycles. The van der Waals surface area contributed by atoms with Crippen molar-refractivity contribution >= 4 is 17.4 Å². The van der Waals surface area contributed by atoms with Crippen LogP contribution in [0.4, 0.5) is 29.3 Å². The van der Waals surface area contributed by atoms with Gasteiger partial charge in [0.15, 0.2) is 0 Å². The highest BCUT2D eigenvalue weighted by molar-refractivity contribution is 5.90. The maximum atomic E-state index is 13.0. The molecule has 3 fully saturated rings. The van der Waals surface area contributed by atoms with Crippen LogP contribution in [-0.4, -0.2) is 80.8 Å². The zero-order chi connectivity index (χ0) is 26.7. The standard InChI is InChI=1S/C27H33F3N4O4/c1-18-2-3-21(32-26(35)34-7-4-20(17-34)27(28,29)30)15-23(18)19-14-24(33-8-12-37-13-9-33)25(31-16-19)38-22-5-10-36-11-6-22/h2-3,14-16,20,22H,4-13,17H2,1H3,(H,32,35)/t20-/m0/s1. The monoisotopic (exact) mass is 534 g/mol.